The molecule has 2 fully saturated rings. The van der Waals surface area contributed by atoms with E-state index in [-0.39, 0.29) is 11.5 Å². The zero-order valence-electron chi connectivity index (χ0n) is 10.8. The highest BCUT2D eigenvalue weighted by Gasteiger charge is 2.36. The summed E-state index contributed by atoms with van der Waals surface area (Å²) in [6.45, 7) is 0.933. The van der Waals surface area contributed by atoms with Gasteiger partial charge in [-0.25, -0.2) is 4.98 Å². The first-order valence-electron chi connectivity index (χ1n) is 6.84. The standard InChI is InChI=1S/C13H18N4O2/c14-12-7-10(17(18)19)8-13(15-12)16-6-5-9-3-1-2-4-11(9)16/h7-9,11H,1-6H2,(H2,14,15). The Morgan fingerprint density at radius 2 is 2.11 bits per heavy atom. The van der Waals surface area contributed by atoms with E-state index in [1.165, 1.54) is 25.3 Å². The second kappa shape index (κ2) is 4.68. The second-order valence-electron chi connectivity index (χ2n) is 5.46. The second-order valence-corrected chi connectivity index (χ2v) is 5.46. The van der Waals surface area contributed by atoms with Crippen LogP contribution in [0, 0.1) is 16.0 Å². The lowest BCUT2D eigenvalue weighted by Gasteiger charge is -2.32. The van der Waals surface area contributed by atoms with Crippen molar-refractivity contribution < 1.29 is 4.92 Å². The molecule has 0 bridgehead atoms. The molecule has 2 aliphatic rings. The van der Waals surface area contributed by atoms with Crippen LogP contribution in [0.4, 0.5) is 17.3 Å². The molecule has 2 N–H and O–H groups in total. The topological polar surface area (TPSA) is 85.3 Å². The lowest BCUT2D eigenvalue weighted by Crippen LogP contribution is -2.35. The van der Waals surface area contributed by atoms with Crippen molar-refractivity contribution in [3.63, 3.8) is 0 Å². The number of nitrogens with zero attached hydrogens (tertiary/aromatic N) is 3. The largest absolute Gasteiger partial charge is 0.383 e. The molecular formula is C13H18N4O2. The van der Waals surface area contributed by atoms with Crippen molar-refractivity contribution in [2.75, 3.05) is 17.2 Å². The van der Waals surface area contributed by atoms with E-state index in [1.54, 1.807) is 6.07 Å². The normalized spacial score (nSPS) is 26.2. The predicted octanol–water partition coefficient (Wildman–Crippen LogP) is 2.34. The van der Waals surface area contributed by atoms with Crippen molar-refractivity contribution in [2.24, 2.45) is 5.92 Å². The summed E-state index contributed by atoms with van der Waals surface area (Å²) < 4.78 is 0. The summed E-state index contributed by atoms with van der Waals surface area (Å²) >= 11 is 0. The van der Waals surface area contributed by atoms with Gasteiger partial charge < -0.3 is 10.6 Å². The van der Waals surface area contributed by atoms with E-state index in [0.717, 1.165) is 25.3 Å². The van der Waals surface area contributed by atoms with Crippen LogP contribution in [0.3, 0.4) is 0 Å². The SMILES string of the molecule is Nc1cc([N+](=O)[O-])cc(N2CCC3CCCCC32)n1. The number of pyridine rings is 1. The third kappa shape index (κ3) is 2.22. The number of nitro groups is 1. The van der Waals surface area contributed by atoms with Crippen molar-refractivity contribution in [3.05, 3.63) is 22.2 Å². The average Bonchev–Trinajstić information content (AvgIpc) is 2.81. The van der Waals surface area contributed by atoms with Gasteiger partial charge in [-0.15, -0.1) is 0 Å². The highest BCUT2D eigenvalue weighted by molar-refractivity contribution is 5.55. The molecule has 2 unspecified atom stereocenters. The van der Waals surface area contributed by atoms with E-state index in [9.17, 15) is 10.1 Å². The average molecular weight is 262 g/mol. The molecule has 1 aliphatic carbocycles. The lowest BCUT2D eigenvalue weighted by molar-refractivity contribution is -0.384. The zero-order chi connectivity index (χ0) is 13.4. The molecule has 1 aromatic heterocycles. The van der Waals surface area contributed by atoms with E-state index in [2.05, 4.69) is 9.88 Å². The van der Waals surface area contributed by atoms with Gasteiger partial charge in [0.15, 0.2) is 0 Å². The quantitative estimate of drug-likeness (QED) is 0.653. The minimum absolute atomic E-state index is 0.0294. The molecule has 0 aromatic carbocycles. The van der Waals surface area contributed by atoms with Crippen LogP contribution in [0.25, 0.3) is 0 Å². The number of nitrogens with two attached hydrogens (primary N) is 1. The van der Waals surface area contributed by atoms with Gasteiger partial charge in [-0.3, -0.25) is 10.1 Å². The molecule has 6 heteroatoms. The van der Waals surface area contributed by atoms with Crippen molar-refractivity contribution >= 4 is 17.3 Å². The van der Waals surface area contributed by atoms with Gasteiger partial charge in [-0.1, -0.05) is 12.8 Å². The minimum atomic E-state index is -0.407. The molecule has 2 atom stereocenters. The Hall–Kier alpha value is -1.85. The Kier molecular flexibility index (Phi) is 3.00. The Labute approximate surface area is 111 Å². The number of anilines is 2. The van der Waals surface area contributed by atoms with E-state index in [0.29, 0.717) is 11.9 Å². The minimum Gasteiger partial charge on any atom is -0.383 e. The van der Waals surface area contributed by atoms with Crippen LogP contribution in [-0.2, 0) is 0 Å². The zero-order valence-corrected chi connectivity index (χ0v) is 10.8. The molecule has 0 radical (unpaired) electrons. The van der Waals surface area contributed by atoms with Crippen molar-refractivity contribution in [3.8, 4) is 0 Å². The summed E-state index contributed by atoms with van der Waals surface area (Å²) in [5, 5.41) is 10.9. The molecule has 1 aromatic rings. The Bertz CT molecular complexity index is 505. The smallest absolute Gasteiger partial charge is 0.276 e. The van der Waals surface area contributed by atoms with Gasteiger partial charge in [0.05, 0.1) is 17.1 Å². The molecule has 1 aliphatic heterocycles. The maximum absolute atomic E-state index is 10.9. The van der Waals surface area contributed by atoms with Crippen LogP contribution in [0.2, 0.25) is 0 Å². The summed E-state index contributed by atoms with van der Waals surface area (Å²) in [5.74, 6) is 1.61. The van der Waals surface area contributed by atoms with Crippen LogP contribution in [0.15, 0.2) is 12.1 Å². The summed E-state index contributed by atoms with van der Waals surface area (Å²) in [6.07, 6.45) is 6.14. The van der Waals surface area contributed by atoms with Gasteiger partial charge in [-0.05, 0) is 25.2 Å². The molecule has 1 saturated heterocycles. The van der Waals surface area contributed by atoms with Crippen LogP contribution >= 0.6 is 0 Å². The molecule has 102 valence electrons. The third-order valence-corrected chi connectivity index (χ3v) is 4.33. The van der Waals surface area contributed by atoms with E-state index in [1.807, 2.05) is 0 Å². The number of fused-ring (bicyclic) bond motifs is 1. The molecule has 0 spiro atoms. The predicted molar refractivity (Wildman–Crippen MR) is 73.0 cm³/mol. The maximum Gasteiger partial charge on any atom is 0.276 e. The number of aromatic nitrogens is 1. The lowest BCUT2D eigenvalue weighted by atomic mass is 9.85. The van der Waals surface area contributed by atoms with E-state index >= 15 is 0 Å². The summed E-state index contributed by atoms with van der Waals surface area (Å²) in [7, 11) is 0. The van der Waals surface area contributed by atoms with Gasteiger partial charge in [0, 0.05) is 12.6 Å². The van der Waals surface area contributed by atoms with Crippen molar-refractivity contribution in [2.45, 2.75) is 38.1 Å². The Morgan fingerprint density at radius 3 is 2.89 bits per heavy atom. The molecule has 6 nitrogen and oxygen atoms in total. The summed E-state index contributed by atoms with van der Waals surface area (Å²) in [5.41, 5.74) is 5.72. The van der Waals surface area contributed by atoms with Crippen molar-refractivity contribution in [1.82, 2.24) is 4.98 Å². The highest BCUT2D eigenvalue weighted by Crippen LogP contribution is 2.39. The fraction of sp³-hybridized carbons (Fsp3) is 0.615. The maximum atomic E-state index is 10.9. The first-order valence-corrected chi connectivity index (χ1v) is 6.84. The van der Waals surface area contributed by atoms with Crippen LogP contribution in [-0.4, -0.2) is 22.5 Å². The summed E-state index contributed by atoms with van der Waals surface area (Å²) in [6, 6.07) is 3.35. The Morgan fingerprint density at radius 1 is 1.32 bits per heavy atom. The molecule has 2 heterocycles. The number of hydrogen-bond donors (Lipinski definition) is 1. The number of rotatable bonds is 2. The highest BCUT2D eigenvalue weighted by atomic mass is 16.6. The van der Waals surface area contributed by atoms with Gasteiger partial charge in [0.25, 0.3) is 5.69 Å². The first kappa shape index (κ1) is 12.2. The van der Waals surface area contributed by atoms with Crippen LogP contribution in [0.5, 0.6) is 0 Å². The van der Waals surface area contributed by atoms with Gasteiger partial charge in [0.1, 0.15) is 11.6 Å². The molecule has 1 saturated carbocycles. The van der Waals surface area contributed by atoms with Crippen molar-refractivity contribution in [1.29, 1.82) is 0 Å². The fourth-order valence-corrected chi connectivity index (χ4v) is 3.47. The first-order chi connectivity index (χ1) is 9.15. The third-order valence-electron chi connectivity index (χ3n) is 4.33. The molecular weight excluding hydrogens is 244 g/mol. The monoisotopic (exact) mass is 262 g/mol. The van der Waals surface area contributed by atoms with Gasteiger partial charge >= 0.3 is 0 Å². The molecule has 3 rings (SSSR count). The van der Waals surface area contributed by atoms with Crippen LogP contribution < -0.4 is 10.6 Å². The molecule has 19 heavy (non-hydrogen) atoms. The fourth-order valence-electron chi connectivity index (χ4n) is 3.47. The number of hydrogen-bond acceptors (Lipinski definition) is 5. The Balaban J connectivity index is 1.91. The van der Waals surface area contributed by atoms with Gasteiger partial charge in [0.2, 0.25) is 0 Å². The number of nitrogen functional groups attached to an aromatic ring is 1. The molecule has 0 amide bonds. The summed E-state index contributed by atoms with van der Waals surface area (Å²) in [4.78, 5) is 17.0. The van der Waals surface area contributed by atoms with E-state index < -0.39 is 4.92 Å². The van der Waals surface area contributed by atoms with E-state index in [4.69, 9.17) is 5.73 Å². The van der Waals surface area contributed by atoms with Gasteiger partial charge in [-0.2, -0.15) is 0 Å². The van der Waals surface area contributed by atoms with Crippen LogP contribution in [0.1, 0.15) is 32.1 Å².